The predicted octanol–water partition coefficient (Wildman–Crippen LogP) is 4.38. The Balaban J connectivity index is 1.58. The Morgan fingerprint density at radius 1 is 1.26 bits per heavy atom. The summed E-state index contributed by atoms with van der Waals surface area (Å²) in [5, 5.41) is 0. The van der Waals surface area contributed by atoms with Crippen LogP contribution >= 0.6 is 0 Å². The van der Waals surface area contributed by atoms with Gasteiger partial charge in [0.25, 0.3) is 0 Å². The fraction of sp³-hybridized carbons (Fsp3) is 0.607. The molecule has 35 heavy (non-hydrogen) atoms. The quantitative estimate of drug-likeness (QED) is 0.349. The smallest absolute Gasteiger partial charge is 0.305 e. The van der Waals surface area contributed by atoms with Gasteiger partial charge in [-0.15, -0.1) is 0 Å². The lowest BCUT2D eigenvalue weighted by Crippen LogP contribution is -2.55. The van der Waals surface area contributed by atoms with Crippen molar-refractivity contribution in [2.24, 2.45) is 28.6 Å². The van der Waals surface area contributed by atoms with Crippen molar-refractivity contribution in [3.63, 3.8) is 0 Å². The second-order valence-electron chi connectivity index (χ2n) is 11.4. The second kappa shape index (κ2) is 7.92. The first kappa shape index (κ1) is 24.0. The summed E-state index contributed by atoms with van der Waals surface area (Å²) in [5.74, 6) is -1.45. The molecular weight excluding hydrogens is 448 g/mol. The van der Waals surface area contributed by atoms with Crippen LogP contribution in [0.25, 0.3) is 0 Å². The molecule has 188 valence electrons. The third-order valence-corrected chi connectivity index (χ3v) is 9.49. The highest BCUT2D eigenvalue weighted by Crippen LogP contribution is 2.75. The van der Waals surface area contributed by atoms with Gasteiger partial charge in [-0.05, 0) is 53.9 Å². The van der Waals surface area contributed by atoms with Crippen molar-refractivity contribution >= 4 is 17.7 Å². The minimum absolute atomic E-state index is 0.0296. The van der Waals surface area contributed by atoms with Gasteiger partial charge < -0.3 is 18.6 Å². The van der Waals surface area contributed by atoms with Crippen molar-refractivity contribution < 1.29 is 33.0 Å². The zero-order chi connectivity index (χ0) is 25.3. The molecule has 2 saturated carbocycles. The summed E-state index contributed by atoms with van der Waals surface area (Å²) in [6, 6.07) is 1.99. The molecule has 2 heterocycles. The lowest BCUT2D eigenvalue weighted by Gasteiger charge is -2.53. The number of epoxide rings is 1. The van der Waals surface area contributed by atoms with Gasteiger partial charge in [-0.2, -0.15) is 0 Å². The van der Waals surface area contributed by atoms with Crippen LogP contribution in [0.4, 0.5) is 0 Å². The molecule has 0 N–H and O–H groups in total. The minimum atomic E-state index is -0.786. The number of hydrogen-bond donors (Lipinski definition) is 0. The van der Waals surface area contributed by atoms with Crippen molar-refractivity contribution in [1.82, 2.24) is 0 Å². The number of carbonyl (C=O) groups is 3. The monoisotopic (exact) mass is 482 g/mol. The largest absolute Gasteiger partial charge is 0.472 e. The van der Waals surface area contributed by atoms with Crippen LogP contribution in [0.3, 0.4) is 0 Å². The number of methoxy groups -OCH3 is 1. The molecule has 0 bridgehead atoms. The van der Waals surface area contributed by atoms with Crippen molar-refractivity contribution in [3.05, 3.63) is 48.5 Å². The molecular formula is C28H34O7. The molecule has 1 aliphatic heterocycles. The molecule has 0 amide bonds. The van der Waals surface area contributed by atoms with Crippen LogP contribution in [0.5, 0.6) is 0 Å². The van der Waals surface area contributed by atoms with Crippen LogP contribution in [-0.2, 0) is 28.6 Å². The standard InChI is InChI=1S/C28H34O7/c1-15-25(18-7-8-22(30)26(3,4)20(18)12-24(31)32-6)21(34-16(2)29)13-27(5)19(17-9-10-33-14-17)11-23-28(15,27)35-23/h7-10,14,18-21,23,25H,1,11-13H2,2-6H3/t18?,19-,20+,21+,23-,25-,27-,28?/m0/s1. The number of hydrogen-bond acceptors (Lipinski definition) is 7. The van der Waals surface area contributed by atoms with Crippen LogP contribution in [0.2, 0.25) is 0 Å². The first-order valence-electron chi connectivity index (χ1n) is 12.3. The summed E-state index contributed by atoms with van der Waals surface area (Å²) in [5.41, 5.74) is 0.348. The van der Waals surface area contributed by atoms with Gasteiger partial charge in [0.2, 0.25) is 0 Å². The molecule has 3 aliphatic carbocycles. The molecule has 4 aliphatic rings. The second-order valence-corrected chi connectivity index (χ2v) is 11.4. The average Bonchev–Trinajstić information content (AvgIpc) is 3.14. The number of rotatable bonds is 5. The highest BCUT2D eigenvalue weighted by Gasteiger charge is 2.79. The zero-order valence-corrected chi connectivity index (χ0v) is 21.0. The Labute approximate surface area is 205 Å². The topological polar surface area (TPSA) is 95.3 Å². The summed E-state index contributed by atoms with van der Waals surface area (Å²) < 4.78 is 22.8. The SMILES string of the molecule is C=C1[C@@H](C2C=CC(=O)C(C)(C)[C@@H]2CC(=O)OC)[C@H](OC(C)=O)C[C@@]2(C)[C@H](c3ccoc3)C[C@@H]3OC132. The Bertz CT molecular complexity index is 1100. The van der Waals surface area contributed by atoms with Gasteiger partial charge in [0.05, 0.1) is 25.7 Å². The highest BCUT2D eigenvalue weighted by molar-refractivity contribution is 5.96. The molecule has 7 heteroatoms. The van der Waals surface area contributed by atoms with Gasteiger partial charge in [-0.3, -0.25) is 14.4 Å². The maximum Gasteiger partial charge on any atom is 0.305 e. The zero-order valence-electron chi connectivity index (χ0n) is 21.0. The Kier molecular flexibility index (Phi) is 5.44. The van der Waals surface area contributed by atoms with Crippen molar-refractivity contribution in [3.8, 4) is 0 Å². The lowest BCUT2D eigenvalue weighted by molar-refractivity contribution is -0.159. The maximum absolute atomic E-state index is 12.9. The fourth-order valence-electron chi connectivity index (χ4n) is 7.62. The van der Waals surface area contributed by atoms with Crippen LogP contribution < -0.4 is 0 Å². The Morgan fingerprint density at radius 3 is 2.63 bits per heavy atom. The van der Waals surface area contributed by atoms with E-state index in [0.717, 1.165) is 17.6 Å². The molecule has 7 nitrogen and oxygen atoms in total. The van der Waals surface area contributed by atoms with Gasteiger partial charge in [0, 0.05) is 30.1 Å². The number of ketones is 1. The number of furan rings is 1. The first-order valence-corrected chi connectivity index (χ1v) is 12.3. The average molecular weight is 483 g/mol. The summed E-state index contributed by atoms with van der Waals surface area (Å²) in [6.45, 7) is 11.9. The minimum Gasteiger partial charge on any atom is -0.472 e. The lowest BCUT2D eigenvalue weighted by atomic mass is 9.52. The number of ether oxygens (including phenoxy) is 3. The number of esters is 2. The number of carbonyl (C=O) groups excluding carboxylic acids is 3. The maximum atomic E-state index is 12.9. The van der Waals surface area contributed by atoms with Gasteiger partial charge >= 0.3 is 11.9 Å². The molecule has 1 aromatic heterocycles. The van der Waals surface area contributed by atoms with E-state index in [0.29, 0.717) is 6.42 Å². The molecule has 1 saturated heterocycles. The van der Waals surface area contributed by atoms with Gasteiger partial charge in [0.15, 0.2) is 5.78 Å². The van der Waals surface area contributed by atoms with E-state index in [1.54, 1.807) is 18.6 Å². The van der Waals surface area contributed by atoms with E-state index in [1.165, 1.54) is 14.0 Å². The normalized spacial score (nSPS) is 41.2. The number of allylic oxidation sites excluding steroid dienone is 2. The van der Waals surface area contributed by atoms with E-state index in [1.807, 2.05) is 26.0 Å². The fourth-order valence-corrected chi connectivity index (χ4v) is 7.62. The molecule has 1 aromatic rings. The highest BCUT2D eigenvalue weighted by atomic mass is 16.6. The van der Waals surface area contributed by atoms with E-state index >= 15 is 0 Å². The van der Waals surface area contributed by atoms with Crippen LogP contribution in [0, 0.1) is 28.6 Å². The first-order chi connectivity index (χ1) is 16.5. The molecule has 8 atom stereocenters. The summed E-state index contributed by atoms with van der Waals surface area (Å²) in [6.07, 6.45) is 8.04. The van der Waals surface area contributed by atoms with E-state index in [9.17, 15) is 14.4 Å². The molecule has 1 spiro atoms. The van der Waals surface area contributed by atoms with E-state index in [-0.39, 0.29) is 59.3 Å². The van der Waals surface area contributed by atoms with E-state index in [2.05, 4.69) is 13.5 Å². The molecule has 3 fully saturated rings. The molecule has 5 rings (SSSR count). The van der Waals surface area contributed by atoms with Crippen LogP contribution in [0.15, 0.2) is 47.3 Å². The molecule has 2 unspecified atom stereocenters. The van der Waals surface area contributed by atoms with Crippen LogP contribution in [0.1, 0.15) is 58.4 Å². The van der Waals surface area contributed by atoms with Gasteiger partial charge in [-0.25, -0.2) is 0 Å². The summed E-state index contributed by atoms with van der Waals surface area (Å²) in [7, 11) is 1.35. The molecule has 0 radical (unpaired) electrons. The van der Waals surface area contributed by atoms with Crippen molar-refractivity contribution in [2.45, 2.75) is 70.7 Å². The predicted molar refractivity (Wildman–Crippen MR) is 126 cm³/mol. The van der Waals surface area contributed by atoms with E-state index < -0.39 is 17.1 Å². The van der Waals surface area contributed by atoms with E-state index in [4.69, 9.17) is 18.6 Å². The van der Waals surface area contributed by atoms with Crippen LogP contribution in [-0.4, -0.2) is 42.6 Å². The van der Waals surface area contributed by atoms with Gasteiger partial charge in [0.1, 0.15) is 11.7 Å². The summed E-state index contributed by atoms with van der Waals surface area (Å²) >= 11 is 0. The third kappa shape index (κ3) is 3.30. The van der Waals surface area contributed by atoms with Gasteiger partial charge in [-0.1, -0.05) is 33.4 Å². The third-order valence-electron chi connectivity index (χ3n) is 9.49. The Morgan fingerprint density at radius 2 is 2.00 bits per heavy atom. The van der Waals surface area contributed by atoms with Crippen molar-refractivity contribution in [1.29, 1.82) is 0 Å². The molecule has 0 aromatic carbocycles. The Hall–Kier alpha value is -2.67. The van der Waals surface area contributed by atoms with Crippen molar-refractivity contribution in [2.75, 3.05) is 7.11 Å². The summed E-state index contributed by atoms with van der Waals surface area (Å²) in [4.78, 5) is 37.6.